The second-order valence-corrected chi connectivity index (χ2v) is 5.80. The Hall–Kier alpha value is -3.16. The highest BCUT2D eigenvalue weighted by atomic mass is 16.4. The average Bonchev–Trinajstić information content (AvgIpc) is 2.60. The first kappa shape index (κ1) is 19.2. The molecule has 26 heavy (non-hydrogen) atoms. The predicted octanol–water partition coefficient (Wildman–Crippen LogP) is 0.860. The Morgan fingerprint density at radius 1 is 1.27 bits per heavy atom. The van der Waals surface area contributed by atoms with Crippen LogP contribution in [0.2, 0.25) is 0 Å². The van der Waals surface area contributed by atoms with E-state index in [4.69, 9.17) is 0 Å². The molecule has 1 aromatic carbocycles. The Labute approximate surface area is 150 Å². The van der Waals surface area contributed by atoms with Crippen molar-refractivity contribution in [1.29, 1.82) is 0 Å². The fraction of sp³-hybridized carbons (Fsp3) is 0.333. The number of aromatic carboxylic acids is 1. The summed E-state index contributed by atoms with van der Waals surface area (Å²) in [6.07, 6.45) is 3.02. The highest BCUT2D eigenvalue weighted by Crippen LogP contribution is 2.22. The molecule has 2 N–H and O–H groups in total. The van der Waals surface area contributed by atoms with Crippen molar-refractivity contribution in [2.24, 2.45) is 5.92 Å². The van der Waals surface area contributed by atoms with Crippen molar-refractivity contribution < 1.29 is 24.3 Å². The Morgan fingerprint density at radius 2 is 1.92 bits per heavy atom. The second kappa shape index (κ2) is 8.28. The van der Waals surface area contributed by atoms with Crippen LogP contribution < -0.4 is 15.7 Å². The van der Waals surface area contributed by atoms with Gasteiger partial charge in [0.25, 0.3) is 0 Å². The van der Waals surface area contributed by atoms with E-state index in [0.29, 0.717) is 17.8 Å². The summed E-state index contributed by atoms with van der Waals surface area (Å²) in [5, 5.41) is 15.9. The zero-order valence-electron chi connectivity index (χ0n) is 14.6. The number of hydrogen-bond acceptors (Lipinski definition) is 6. The molecule has 1 fully saturated rings. The van der Waals surface area contributed by atoms with E-state index >= 15 is 0 Å². The van der Waals surface area contributed by atoms with Crippen molar-refractivity contribution in [3.63, 3.8) is 0 Å². The van der Waals surface area contributed by atoms with Gasteiger partial charge in [-0.15, -0.1) is 0 Å². The van der Waals surface area contributed by atoms with Crippen LogP contribution in [0.25, 0.3) is 0 Å². The zero-order valence-corrected chi connectivity index (χ0v) is 14.6. The summed E-state index contributed by atoms with van der Waals surface area (Å²) in [6.45, 7) is 3.83. The third kappa shape index (κ3) is 4.08. The summed E-state index contributed by atoms with van der Waals surface area (Å²) >= 11 is 0. The highest BCUT2D eigenvalue weighted by Gasteiger charge is 2.42. The fourth-order valence-corrected chi connectivity index (χ4v) is 2.58. The number of nitrogens with zero attached hydrogens (tertiary/aromatic N) is 1. The topological polar surface area (TPSA) is 119 Å². The molecule has 0 radical (unpaired) electrons. The Morgan fingerprint density at radius 3 is 2.46 bits per heavy atom. The van der Waals surface area contributed by atoms with Crippen molar-refractivity contribution in [2.75, 3.05) is 11.9 Å². The largest absolute Gasteiger partial charge is 0.545 e. The smallest absolute Gasteiger partial charge is 0.330 e. The molecule has 0 bridgehead atoms. The van der Waals surface area contributed by atoms with E-state index in [0.717, 1.165) is 11.3 Å². The van der Waals surface area contributed by atoms with E-state index in [-0.39, 0.29) is 12.1 Å². The molecule has 8 nitrogen and oxygen atoms in total. The monoisotopic (exact) mass is 358 g/mol. The number of imide groups is 2. The van der Waals surface area contributed by atoms with Gasteiger partial charge >= 0.3 is 6.03 Å². The number of amides is 4. The molecule has 0 aromatic heterocycles. The van der Waals surface area contributed by atoms with Crippen LogP contribution in [0.3, 0.4) is 0 Å². The number of hydrogen-bond donors (Lipinski definition) is 2. The predicted molar refractivity (Wildman–Crippen MR) is 91.8 cm³/mol. The average molecular weight is 358 g/mol. The number of unbranched alkanes of at least 4 members (excludes halogenated alkanes) is 1. The first-order valence-electron chi connectivity index (χ1n) is 8.29. The molecule has 0 saturated carbocycles. The van der Waals surface area contributed by atoms with Gasteiger partial charge in [0.05, 0.1) is 5.97 Å². The van der Waals surface area contributed by atoms with Gasteiger partial charge in [0.15, 0.2) is 5.92 Å². The standard InChI is InChI=1S/C18H21N3O5/c1-3-5-10-21-16(23)14(15(22)20-18(21)26)13(4-2)19-12-8-6-11(7-9-12)17(24)25/h4,6-9,14,19H,3,5,10H2,1-2H3,(H,24,25)(H,20,22,26)/p-1/b13-4-/t14-/m1/s1. The molecule has 0 unspecified atom stereocenters. The van der Waals surface area contributed by atoms with Gasteiger partial charge in [-0.25, -0.2) is 4.79 Å². The molecule has 1 saturated heterocycles. The van der Waals surface area contributed by atoms with Gasteiger partial charge in [-0.2, -0.15) is 0 Å². The minimum atomic E-state index is -1.30. The van der Waals surface area contributed by atoms with Gasteiger partial charge in [-0.1, -0.05) is 31.6 Å². The highest BCUT2D eigenvalue weighted by molar-refractivity contribution is 6.18. The van der Waals surface area contributed by atoms with Crippen LogP contribution in [0, 0.1) is 5.92 Å². The summed E-state index contributed by atoms with van der Waals surface area (Å²) in [6, 6.07) is 4.99. The number of nitrogens with one attached hydrogen (secondary N) is 2. The Kier molecular flexibility index (Phi) is 6.11. The van der Waals surface area contributed by atoms with Crippen LogP contribution in [0.5, 0.6) is 0 Å². The maximum atomic E-state index is 12.7. The third-order valence-electron chi connectivity index (χ3n) is 4.02. The quantitative estimate of drug-likeness (QED) is 0.698. The molecule has 138 valence electrons. The van der Waals surface area contributed by atoms with E-state index in [1.807, 2.05) is 6.92 Å². The zero-order chi connectivity index (χ0) is 19.3. The SMILES string of the molecule is C/C=C(\Nc1ccc(C(=O)[O-])cc1)[C@@H]1C(=O)NC(=O)N(CCCC)C1=O. The van der Waals surface area contributed by atoms with E-state index < -0.39 is 29.7 Å². The molecule has 4 amide bonds. The second-order valence-electron chi connectivity index (χ2n) is 5.80. The van der Waals surface area contributed by atoms with Crippen molar-refractivity contribution in [3.8, 4) is 0 Å². The van der Waals surface area contributed by atoms with Gasteiger partial charge in [0, 0.05) is 17.9 Å². The van der Waals surface area contributed by atoms with Crippen molar-refractivity contribution in [3.05, 3.63) is 41.6 Å². The van der Waals surface area contributed by atoms with Crippen molar-refractivity contribution in [2.45, 2.75) is 26.7 Å². The molecule has 1 aromatic rings. The lowest BCUT2D eigenvalue weighted by molar-refractivity contribution is -0.255. The van der Waals surface area contributed by atoms with Crippen LogP contribution in [-0.4, -0.2) is 35.3 Å². The van der Waals surface area contributed by atoms with Gasteiger partial charge in [0.1, 0.15) is 0 Å². The molecular weight excluding hydrogens is 338 g/mol. The maximum Gasteiger partial charge on any atom is 0.330 e. The van der Waals surface area contributed by atoms with E-state index in [1.54, 1.807) is 13.0 Å². The van der Waals surface area contributed by atoms with Crippen LogP contribution in [0.15, 0.2) is 36.0 Å². The fourth-order valence-electron chi connectivity index (χ4n) is 2.58. The summed E-state index contributed by atoms with van der Waals surface area (Å²) in [4.78, 5) is 48.6. The number of rotatable bonds is 7. The normalized spacial score (nSPS) is 17.9. The van der Waals surface area contributed by atoms with Gasteiger partial charge < -0.3 is 15.2 Å². The number of barbiturate groups is 1. The third-order valence-corrected chi connectivity index (χ3v) is 4.02. The molecule has 1 heterocycles. The number of benzene rings is 1. The number of allylic oxidation sites excluding steroid dienone is 1. The summed E-state index contributed by atoms with van der Waals surface area (Å²) in [7, 11) is 0. The molecule has 1 aliphatic rings. The Bertz CT molecular complexity index is 755. The number of carboxylic acids is 1. The van der Waals surface area contributed by atoms with Gasteiger partial charge in [-0.05, 0) is 31.0 Å². The van der Waals surface area contributed by atoms with Gasteiger partial charge in [0.2, 0.25) is 11.8 Å². The first-order chi connectivity index (χ1) is 12.4. The first-order valence-corrected chi connectivity index (χ1v) is 8.29. The number of anilines is 1. The molecule has 2 rings (SSSR count). The van der Waals surface area contributed by atoms with E-state index in [1.165, 1.54) is 24.3 Å². The van der Waals surface area contributed by atoms with Crippen LogP contribution in [-0.2, 0) is 9.59 Å². The number of urea groups is 1. The summed E-state index contributed by atoms with van der Waals surface area (Å²) in [5.41, 5.74) is 0.823. The maximum absolute atomic E-state index is 12.7. The minimum Gasteiger partial charge on any atom is -0.545 e. The Balaban J connectivity index is 2.21. The molecular formula is C18H20N3O5-. The molecule has 0 aliphatic carbocycles. The molecule has 8 heteroatoms. The van der Waals surface area contributed by atoms with Crippen LogP contribution in [0.1, 0.15) is 37.0 Å². The summed E-state index contributed by atoms with van der Waals surface area (Å²) < 4.78 is 0. The van der Waals surface area contributed by atoms with Gasteiger partial charge in [-0.3, -0.25) is 19.8 Å². The lowest BCUT2D eigenvalue weighted by atomic mass is 9.99. The van der Waals surface area contributed by atoms with E-state index in [2.05, 4.69) is 10.6 Å². The van der Waals surface area contributed by atoms with Crippen LogP contribution in [0.4, 0.5) is 10.5 Å². The number of carbonyl (C=O) groups is 4. The lowest BCUT2D eigenvalue weighted by Gasteiger charge is -2.31. The molecule has 1 atom stereocenters. The van der Waals surface area contributed by atoms with E-state index in [9.17, 15) is 24.3 Å². The molecule has 0 spiro atoms. The molecule has 1 aliphatic heterocycles. The van der Waals surface area contributed by atoms with Crippen molar-refractivity contribution in [1.82, 2.24) is 10.2 Å². The summed E-state index contributed by atoms with van der Waals surface area (Å²) in [5.74, 6) is -3.75. The van der Waals surface area contributed by atoms with Crippen molar-refractivity contribution >= 4 is 29.5 Å². The lowest BCUT2D eigenvalue weighted by Crippen LogP contribution is -2.58. The van der Waals surface area contributed by atoms with Crippen LogP contribution >= 0.6 is 0 Å². The number of carbonyl (C=O) groups excluding carboxylic acids is 4. The minimum absolute atomic E-state index is 0.0143. The number of carboxylic acid groups (broad SMARTS) is 1.